The summed E-state index contributed by atoms with van der Waals surface area (Å²) < 4.78 is 0. The molecule has 3 aliphatic heterocycles. The Hall–Kier alpha value is -2.50. The Bertz CT molecular complexity index is 906. The lowest BCUT2D eigenvalue weighted by Gasteiger charge is -2.29. The molecule has 2 amide bonds. The van der Waals surface area contributed by atoms with Gasteiger partial charge in [-0.25, -0.2) is 14.9 Å². The van der Waals surface area contributed by atoms with Gasteiger partial charge < -0.3 is 0 Å². The number of nitrogens with zero attached hydrogens (tertiary/aromatic N) is 3. The Kier molecular flexibility index (Phi) is 3.71. The van der Waals surface area contributed by atoms with Crippen LogP contribution in [-0.2, 0) is 9.59 Å². The molecule has 3 atom stereocenters. The molecule has 0 unspecified atom stereocenters. The van der Waals surface area contributed by atoms with Gasteiger partial charge in [-0.3, -0.25) is 9.59 Å². The van der Waals surface area contributed by atoms with Crippen LogP contribution in [0.5, 0.6) is 0 Å². The summed E-state index contributed by atoms with van der Waals surface area (Å²) in [4.78, 5) is 28.1. The van der Waals surface area contributed by atoms with Crippen LogP contribution in [0.15, 0.2) is 48.5 Å². The van der Waals surface area contributed by atoms with Crippen molar-refractivity contribution in [3.63, 3.8) is 0 Å². The molecule has 0 spiro atoms. The number of aryl methyl sites for hydroxylation is 2. The van der Waals surface area contributed by atoms with Gasteiger partial charge in [0.15, 0.2) is 0 Å². The molecule has 3 saturated heterocycles. The van der Waals surface area contributed by atoms with Crippen molar-refractivity contribution in [2.75, 3.05) is 18.0 Å². The number of carbonyl (C=O) groups excluding carboxylic acids is 2. The standard InChI is InChI=1S/C22H23N3O2/c1-14-4-8-16(9-5-14)19-18-20(24-13-3-12-23(19)24)22(27)25(21(18)26)17-10-6-15(2)7-11-17/h4-11,18-20H,3,12-13H2,1-2H3/t18-,19-,20-/m1/s1. The fourth-order valence-electron chi connectivity index (χ4n) is 4.83. The summed E-state index contributed by atoms with van der Waals surface area (Å²) in [5.74, 6) is -0.508. The zero-order valence-electron chi connectivity index (χ0n) is 15.6. The van der Waals surface area contributed by atoms with E-state index in [1.54, 1.807) is 0 Å². The van der Waals surface area contributed by atoms with Crippen molar-refractivity contribution in [3.8, 4) is 0 Å². The number of benzene rings is 2. The van der Waals surface area contributed by atoms with Gasteiger partial charge in [0.2, 0.25) is 5.91 Å². The normalized spacial score (nSPS) is 28.1. The third-order valence-electron chi connectivity index (χ3n) is 6.12. The lowest BCUT2D eigenvalue weighted by Crippen LogP contribution is -2.44. The van der Waals surface area contributed by atoms with Crippen LogP contribution in [0, 0.1) is 19.8 Å². The Labute approximate surface area is 159 Å². The molecule has 5 rings (SSSR count). The van der Waals surface area contributed by atoms with Crippen molar-refractivity contribution in [3.05, 3.63) is 65.2 Å². The molecule has 2 aromatic carbocycles. The predicted molar refractivity (Wildman–Crippen MR) is 103 cm³/mol. The summed E-state index contributed by atoms with van der Waals surface area (Å²) in [6.45, 7) is 5.80. The van der Waals surface area contributed by atoms with Crippen molar-refractivity contribution in [1.29, 1.82) is 0 Å². The molecular formula is C22H23N3O2. The van der Waals surface area contributed by atoms with E-state index in [0.717, 1.165) is 30.6 Å². The number of hydrogen-bond donors (Lipinski definition) is 0. The molecule has 138 valence electrons. The minimum Gasteiger partial charge on any atom is -0.274 e. The molecule has 5 heteroatoms. The van der Waals surface area contributed by atoms with Crippen molar-refractivity contribution in [2.45, 2.75) is 32.4 Å². The highest BCUT2D eigenvalue weighted by Gasteiger charge is 2.62. The molecule has 5 nitrogen and oxygen atoms in total. The summed E-state index contributed by atoms with van der Waals surface area (Å²) in [5.41, 5.74) is 4.10. The lowest BCUT2D eigenvalue weighted by atomic mass is 9.89. The SMILES string of the molecule is Cc1ccc([C@@H]2[C@H]3C(=O)N(c4ccc(C)cc4)C(=O)[C@@H]3N3CCCN23)cc1. The van der Waals surface area contributed by atoms with E-state index >= 15 is 0 Å². The summed E-state index contributed by atoms with van der Waals surface area (Å²) in [6.07, 6.45) is 1.03. The average molecular weight is 361 g/mol. The topological polar surface area (TPSA) is 43.9 Å². The maximum atomic E-state index is 13.4. The maximum absolute atomic E-state index is 13.4. The van der Waals surface area contributed by atoms with Gasteiger partial charge in [0, 0.05) is 13.1 Å². The molecule has 0 bridgehead atoms. The van der Waals surface area contributed by atoms with Crippen molar-refractivity contribution in [1.82, 2.24) is 10.0 Å². The number of rotatable bonds is 2. The van der Waals surface area contributed by atoms with E-state index < -0.39 is 0 Å². The fourth-order valence-corrected chi connectivity index (χ4v) is 4.83. The number of fused-ring (bicyclic) bond motifs is 3. The number of hydrazine groups is 1. The van der Waals surface area contributed by atoms with E-state index in [9.17, 15) is 9.59 Å². The van der Waals surface area contributed by atoms with Crippen molar-refractivity contribution in [2.24, 2.45) is 5.92 Å². The predicted octanol–water partition coefficient (Wildman–Crippen LogP) is 2.84. The second-order valence-corrected chi connectivity index (χ2v) is 7.85. The van der Waals surface area contributed by atoms with Gasteiger partial charge in [-0.15, -0.1) is 0 Å². The van der Waals surface area contributed by atoms with Crippen LogP contribution in [0.4, 0.5) is 5.69 Å². The Balaban J connectivity index is 1.57. The number of anilines is 1. The summed E-state index contributed by atoms with van der Waals surface area (Å²) >= 11 is 0. The smallest absolute Gasteiger partial charge is 0.253 e. The van der Waals surface area contributed by atoms with Crippen LogP contribution in [0.3, 0.4) is 0 Å². The highest BCUT2D eigenvalue weighted by atomic mass is 16.2. The van der Waals surface area contributed by atoms with E-state index in [-0.39, 0.29) is 29.8 Å². The van der Waals surface area contributed by atoms with Crippen LogP contribution in [0.1, 0.15) is 29.2 Å². The monoisotopic (exact) mass is 361 g/mol. The number of imide groups is 1. The highest BCUT2D eigenvalue weighted by Crippen LogP contribution is 2.48. The van der Waals surface area contributed by atoms with E-state index in [4.69, 9.17) is 0 Å². The maximum Gasteiger partial charge on any atom is 0.253 e. The van der Waals surface area contributed by atoms with Crippen molar-refractivity contribution < 1.29 is 9.59 Å². The Morgan fingerprint density at radius 2 is 1.30 bits per heavy atom. The zero-order valence-corrected chi connectivity index (χ0v) is 15.6. The molecule has 2 aromatic rings. The van der Waals surface area contributed by atoms with Gasteiger partial charge in [-0.05, 0) is 38.0 Å². The zero-order chi connectivity index (χ0) is 18.7. The molecule has 3 aliphatic rings. The molecule has 3 heterocycles. The molecule has 0 radical (unpaired) electrons. The number of carbonyl (C=O) groups is 2. The van der Waals surface area contributed by atoms with Crippen LogP contribution in [0.25, 0.3) is 0 Å². The lowest BCUT2D eigenvalue weighted by molar-refractivity contribution is -0.126. The number of hydrogen-bond acceptors (Lipinski definition) is 4. The molecule has 0 N–H and O–H groups in total. The van der Waals surface area contributed by atoms with E-state index in [1.807, 2.05) is 31.2 Å². The molecule has 0 aromatic heterocycles. The Morgan fingerprint density at radius 3 is 1.93 bits per heavy atom. The van der Waals surface area contributed by atoms with E-state index in [0.29, 0.717) is 5.69 Å². The van der Waals surface area contributed by atoms with Crippen molar-refractivity contribution >= 4 is 17.5 Å². The molecule has 3 fully saturated rings. The van der Waals surface area contributed by atoms with Gasteiger partial charge in [-0.1, -0.05) is 47.5 Å². The summed E-state index contributed by atoms with van der Waals surface area (Å²) in [7, 11) is 0. The van der Waals surface area contributed by atoms with Crippen LogP contribution in [-0.4, -0.2) is 41.0 Å². The molecular weight excluding hydrogens is 338 g/mol. The first kappa shape index (κ1) is 16.7. The van der Waals surface area contributed by atoms with Gasteiger partial charge in [0.25, 0.3) is 5.91 Å². The minimum atomic E-state index is -0.382. The largest absolute Gasteiger partial charge is 0.274 e. The Morgan fingerprint density at radius 1 is 0.741 bits per heavy atom. The van der Waals surface area contributed by atoms with E-state index in [1.165, 1.54) is 10.5 Å². The average Bonchev–Trinajstić information content (AvgIpc) is 3.30. The summed E-state index contributed by atoms with van der Waals surface area (Å²) in [6, 6.07) is 15.6. The van der Waals surface area contributed by atoms with Gasteiger partial charge in [-0.2, -0.15) is 0 Å². The second kappa shape index (κ2) is 6.01. The fraction of sp³-hybridized carbons (Fsp3) is 0.364. The van der Waals surface area contributed by atoms with Gasteiger partial charge >= 0.3 is 0 Å². The first-order valence-corrected chi connectivity index (χ1v) is 9.60. The molecule has 27 heavy (non-hydrogen) atoms. The highest BCUT2D eigenvalue weighted by molar-refractivity contribution is 6.24. The van der Waals surface area contributed by atoms with Crippen LogP contribution in [0.2, 0.25) is 0 Å². The van der Waals surface area contributed by atoms with Gasteiger partial charge in [0.1, 0.15) is 6.04 Å². The summed E-state index contributed by atoms with van der Waals surface area (Å²) in [5, 5.41) is 4.39. The van der Waals surface area contributed by atoms with Gasteiger partial charge in [0.05, 0.1) is 17.6 Å². The minimum absolute atomic E-state index is 0.0648. The third kappa shape index (κ3) is 2.38. The first-order chi connectivity index (χ1) is 13.1. The third-order valence-corrected chi connectivity index (χ3v) is 6.12. The van der Waals surface area contributed by atoms with Crippen LogP contribution < -0.4 is 4.90 Å². The van der Waals surface area contributed by atoms with E-state index in [2.05, 4.69) is 41.2 Å². The molecule has 0 aliphatic carbocycles. The van der Waals surface area contributed by atoms with Crippen LogP contribution >= 0.6 is 0 Å². The quantitative estimate of drug-likeness (QED) is 0.772. The molecule has 0 saturated carbocycles. The number of amides is 2. The first-order valence-electron chi connectivity index (χ1n) is 9.60. The second-order valence-electron chi connectivity index (χ2n) is 7.85.